The molecule has 0 aromatic rings. The fraction of sp³-hybridized carbons (Fsp3) is 0.875. The molecule has 70 valence electrons. The zero-order valence-electron chi connectivity index (χ0n) is 7.30. The van der Waals surface area contributed by atoms with Gasteiger partial charge in [0.2, 0.25) is 0 Å². The second-order valence-electron chi connectivity index (χ2n) is 3.23. The maximum absolute atomic E-state index is 11.0. The predicted molar refractivity (Wildman–Crippen MR) is 44.0 cm³/mol. The van der Waals surface area contributed by atoms with Crippen molar-refractivity contribution in [3.8, 4) is 0 Å². The van der Waals surface area contributed by atoms with Gasteiger partial charge in [-0.15, -0.1) is 0 Å². The molecule has 0 aliphatic carbocycles. The largest absolute Gasteiger partial charge is 0.481 e. The molecule has 1 aliphatic rings. The zero-order valence-corrected chi connectivity index (χ0v) is 7.30. The van der Waals surface area contributed by atoms with Gasteiger partial charge in [-0.05, 0) is 19.9 Å². The van der Waals surface area contributed by atoms with Crippen LogP contribution in [0, 0.1) is 5.41 Å². The lowest BCUT2D eigenvalue weighted by Crippen LogP contribution is -2.44. The van der Waals surface area contributed by atoms with Crippen molar-refractivity contribution in [1.29, 1.82) is 0 Å². The van der Waals surface area contributed by atoms with Crippen LogP contribution < -0.4 is 5.32 Å². The Morgan fingerprint density at radius 3 is 2.58 bits per heavy atom. The van der Waals surface area contributed by atoms with E-state index in [0.29, 0.717) is 32.6 Å². The molecule has 1 aliphatic heterocycles. The highest BCUT2D eigenvalue weighted by Gasteiger charge is 2.39. The van der Waals surface area contributed by atoms with E-state index in [4.69, 9.17) is 9.84 Å². The first-order chi connectivity index (χ1) is 5.71. The van der Waals surface area contributed by atoms with Gasteiger partial charge in [0.15, 0.2) is 0 Å². The third-order valence-corrected chi connectivity index (χ3v) is 2.42. The van der Waals surface area contributed by atoms with Crippen LogP contribution in [0.2, 0.25) is 0 Å². The van der Waals surface area contributed by atoms with Crippen molar-refractivity contribution in [3.05, 3.63) is 0 Å². The van der Waals surface area contributed by atoms with Gasteiger partial charge in [-0.1, -0.05) is 0 Å². The van der Waals surface area contributed by atoms with Crippen LogP contribution in [0.3, 0.4) is 0 Å². The number of carboxylic acids is 1. The number of aliphatic carboxylic acids is 1. The zero-order chi connectivity index (χ0) is 9.03. The quantitative estimate of drug-likeness (QED) is 0.635. The summed E-state index contributed by atoms with van der Waals surface area (Å²) in [4.78, 5) is 11.0. The number of rotatable bonds is 3. The highest BCUT2D eigenvalue weighted by atomic mass is 16.5. The molecule has 0 atom stereocenters. The van der Waals surface area contributed by atoms with Gasteiger partial charge in [0.1, 0.15) is 0 Å². The fourth-order valence-electron chi connectivity index (χ4n) is 1.57. The molecule has 0 bridgehead atoms. The number of hydrogen-bond acceptors (Lipinski definition) is 3. The first-order valence-electron chi connectivity index (χ1n) is 4.17. The van der Waals surface area contributed by atoms with Crippen LogP contribution in [0.5, 0.6) is 0 Å². The Labute approximate surface area is 71.9 Å². The monoisotopic (exact) mass is 173 g/mol. The summed E-state index contributed by atoms with van der Waals surface area (Å²) in [6.07, 6.45) is 1.23. The Morgan fingerprint density at radius 1 is 1.58 bits per heavy atom. The number of nitrogens with one attached hydrogen (secondary N) is 1. The standard InChI is InChI=1S/C8H15NO3/c1-9-6-8(7(10)11)2-4-12-5-3-8/h9H,2-6H2,1H3,(H,10,11). The summed E-state index contributed by atoms with van der Waals surface area (Å²) in [7, 11) is 1.78. The minimum Gasteiger partial charge on any atom is -0.481 e. The van der Waals surface area contributed by atoms with Crippen molar-refractivity contribution in [2.24, 2.45) is 5.41 Å². The summed E-state index contributed by atoms with van der Waals surface area (Å²) in [6.45, 7) is 1.66. The molecule has 0 radical (unpaired) electrons. The van der Waals surface area contributed by atoms with Gasteiger partial charge in [-0.2, -0.15) is 0 Å². The Hall–Kier alpha value is -0.610. The minimum atomic E-state index is -0.708. The van der Waals surface area contributed by atoms with E-state index in [1.807, 2.05) is 0 Å². The second-order valence-corrected chi connectivity index (χ2v) is 3.23. The summed E-state index contributed by atoms with van der Waals surface area (Å²) in [5.74, 6) is -0.708. The highest BCUT2D eigenvalue weighted by Crippen LogP contribution is 2.29. The van der Waals surface area contributed by atoms with Crippen molar-refractivity contribution < 1.29 is 14.6 Å². The lowest BCUT2D eigenvalue weighted by molar-refractivity contribution is -0.154. The van der Waals surface area contributed by atoms with Crippen LogP contribution in [-0.2, 0) is 9.53 Å². The lowest BCUT2D eigenvalue weighted by Gasteiger charge is -2.32. The van der Waals surface area contributed by atoms with E-state index in [1.165, 1.54) is 0 Å². The summed E-state index contributed by atoms with van der Waals surface area (Å²) in [5, 5.41) is 11.9. The molecule has 0 aromatic heterocycles. The number of ether oxygens (including phenoxy) is 1. The molecule has 2 N–H and O–H groups in total. The van der Waals surface area contributed by atoms with E-state index in [2.05, 4.69) is 5.32 Å². The van der Waals surface area contributed by atoms with Gasteiger partial charge in [-0.3, -0.25) is 4.79 Å². The normalized spacial score (nSPS) is 22.1. The third-order valence-electron chi connectivity index (χ3n) is 2.42. The molecule has 12 heavy (non-hydrogen) atoms. The molecule has 0 saturated carbocycles. The molecule has 4 nitrogen and oxygen atoms in total. The van der Waals surface area contributed by atoms with Crippen molar-refractivity contribution >= 4 is 5.97 Å². The summed E-state index contributed by atoms with van der Waals surface area (Å²) in [6, 6.07) is 0. The smallest absolute Gasteiger partial charge is 0.311 e. The lowest BCUT2D eigenvalue weighted by atomic mass is 9.80. The van der Waals surface area contributed by atoms with Gasteiger partial charge in [-0.25, -0.2) is 0 Å². The van der Waals surface area contributed by atoms with Gasteiger partial charge in [0.05, 0.1) is 5.41 Å². The molecule has 0 spiro atoms. The van der Waals surface area contributed by atoms with Gasteiger partial charge >= 0.3 is 5.97 Å². The van der Waals surface area contributed by atoms with E-state index in [9.17, 15) is 4.79 Å². The molecule has 0 amide bonds. The summed E-state index contributed by atoms with van der Waals surface area (Å²) < 4.78 is 5.13. The molecular formula is C8H15NO3. The van der Waals surface area contributed by atoms with Crippen LogP contribution in [0.25, 0.3) is 0 Å². The van der Waals surface area contributed by atoms with E-state index in [0.717, 1.165) is 0 Å². The van der Waals surface area contributed by atoms with Crippen LogP contribution in [-0.4, -0.2) is 37.9 Å². The maximum atomic E-state index is 11.0. The van der Waals surface area contributed by atoms with E-state index < -0.39 is 11.4 Å². The SMILES string of the molecule is CNCC1(C(=O)O)CCOCC1. The molecule has 1 rings (SSSR count). The van der Waals surface area contributed by atoms with E-state index in [1.54, 1.807) is 7.05 Å². The number of carboxylic acid groups (broad SMARTS) is 1. The minimum absolute atomic E-state index is 0.533. The first kappa shape index (κ1) is 9.48. The Kier molecular flexibility index (Phi) is 3.05. The van der Waals surface area contributed by atoms with Gasteiger partial charge in [0.25, 0.3) is 0 Å². The summed E-state index contributed by atoms with van der Waals surface area (Å²) in [5.41, 5.74) is -0.590. The Balaban J connectivity index is 2.63. The third kappa shape index (κ3) is 1.76. The first-order valence-corrected chi connectivity index (χ1v) is 4.17. The van der Waals surface area contributed by atoms with Crippen molar-refractivity contribution in [3.63, 3.8) is 0 Å². The highest BCUT2D eigenvalue weighted by molar-refractivity contribution is 5.75. The molecule has 1 fully saturated rings. The fourth-order valence-corrected chi connectivity index (χ4v) is 1.57. The van der Waals surface area contributed by atoms with E-state index >= 15 is 0 Å². The number of hydrogen-bond donors (Lipinski definition) is 2. The molecular weight excluding hydrogens is 158 g/mol. The molecule has 4 heteroatoms. The summed E-state index contributed by atoms with van der Waals surface area (Å²) >= 11 is 0. The maximum Gasteiger partial charge on any atom is 0.311 e. The van der Waals surface area contributed by atoms with E-state index in [-0.39, 0.29) is 0 Å². The van der Waals surface area contributed by atoms with Crippen LogP contribution in [0.4, 0.5) is 0 Å². The Bertz CT molecular complexity index is 158. The number of carbonyl (C=O) groups is 1. The van der Waals surface area contributed by atoms with Crippen molar-refractivity contribution in [2.45, 2.75) is 12.8 Å². The average Bonchev–Trinajstić information content (AvgIpc) is 2.06. The second kappa shape index (κ2) is 3.87. The van der Waals surface area contributed by atoms with Crippen LogP contribution in [0.15, 0.2) is 0 Å². The Morgan fingerprint density at radius 2 is 2.17 bits per heavy atom. The molecule has 0 aromatic carbocycles. The van der Waals surface area contributed by atoms with Gasteiger partial charge < -0.3 is 15.2 Å². The van der Waals surface area contributed by atoms with Crippen LogP contribution in [0.1, 0.15) is 12.8 Å². The van der Waals surface area contributed by atoms with Crippen LogP contribution >= 0.6 is 0 Å². The molecule has 1 saturated heterocycles. The topological polar surface area (TPSA) is 58.6 Å². The molecule has 0 unspecified atom stereocenters. The molecule has 1 heterocycles. The van der Waals surface area contributed by atoms with Gasteiger partial charge in [0, 0.05) is 19.8 Å². The van der Waals surface area contributed by atoms with Crippen molar-refractivity contribution in [1.82, 2.24) is 5.32 Å². The average molecular weight is 173 g/mol. The van der Waals surface area contributed by atoms with Crippen molar-refractivity contribution in [2.75, 3.05) is 26.8 Å². The predicted octanol–water partition coefficient (Wildman–Crippen LogP) is 0.0872.